The molecule has 0 amide bonds. The molecule has 0 aliphatic carbocycles. The summed E-state index contributed by atoms with van der Waals surface area (Å²) in [5.41, 5.74) is 0.0715. The van der Waals surface area contributed by atoms with Gasteiger partial charge in [-0.05, 0) is 41.5 Å². The van der Waals surface area contributed by atoms with Gasteiger partial charge in [0.25, 0.3) is 0 Å². The van der Waals surface area contributed by atoms with E-state index in [2.05, 4.69) is 4.98 Å². The molecule has 0 saturated carbocycles. The van der Waals surface area contributed by atoms with Gasteiger partial charge in [-0.1, -0.05) is 23.7 Å². The average Bonchev–Trinajstić information content (AvgIpc) is 2.68. The van der Waals surface area contributed by atoms with Crippen molar-refractivity contribution in [2.24, 2.45) is 0 Å². The van der Waals surface area contributed by atoms with Crippen LogP contribution in [0.1, 0.15) is 17.3 Å². The van der Waals surface area contributed by atoms with Gasteiger partial charge in [0, 0.05) is 28.4 Å². The molecule has 0 saturated heterocycles. The van der Waals surface area contributed by atoms with E-state index in [9.17, 15) is 19.5 Å². The first-order chi connectivity index (χ1) is 14.3. The number of benzene rings is 2. The lowest BCUT2D eigenvalue weighted by Gasteiger charge is -2.15. The second-order valence-electron chi connectivity index (χ2n) is 6.37. The maximum Gasteiger partial charge on any atom is 0.342 e. The van der Waals surface area contributed by atoms with E-state index in [4.69, 9.17) is 21.1 Å². The van der Waals surface area contributed by atoms with Crippen LogP contribution >= 0.6 is 11.6 Å². The number of nitrogens with one attached hydrogen (secondary N) is 1. The molecule has 0 spiro atoms. The van der Waals surface area contributed by atoms with E-state index >= 15 is 0 Å². The summed E-state index contributed by atoms with van der Waals surface area (Å²) >= 11 is 5.97. The third kappa shape index (κ3) is 4.77. The predicted octanol–water partition coefficient (Wildman–Crippen LogP) is 2.64. The quantitative estimate of drug-likeness (QED) is 0.353. The SMILES string of the molecule is CC(=O)Oc1ccccc1C(=O)OCC[S+](C)c1c([O-])c2cc(Cl)ccc2[nH]c1=O. The molecular weight excluding hydrogens is 430 g/mol. The lowest BCUT2D eigenvalue weighted by atomic mass is 10.2. The van der Waals surface area contributed by atoms with Gasteiger partial charge in [0.15, 0.2) is 0 Å². The van der Waals surface area contributed by atoms with E-state index < -0.39 is 28.4 Å². The maximum atomic E-state index is 12.8. The Morgan fingerprint density at radius 1 is 1.20 bits per heavy atom. The van der Waals surface area contributed by atoms with Crippen molar-refractivity contribution in [3.8, 4) is 11.5 Å². The average molecular weight is 448 g/mol. The molecule has 3 aromatic rings. The minimum atomic E-state index is -0.768. The van der Waals surface area contributed by atoms with E-state index in [1.54, 1.807) is 30.5 Å². The minimum Gasteiger partial charge on any atom is -0.868 e. The molecule has 156 valence electrons. The Hall–Kier alpha value is -2.97. The summed E-state index contributed by atoms with van der Waals surface area (Å²) in [6.07, 6.45) is 1.74. The normalized spacial score (nSPS) is 11.8. The molecule has 1 aromatic heterocycles. The summed E-state index contributed by atoms with van der Waals surface area (Å²) in [7, 11) is -0.768. The van der Waals surface area contributed by atoms with Crippen molar-refractivity contribution < 1.29 is 24.2 Å². The molecule has 3 rings (SSSR count). The number of rotatable bonds is 6. The Morgan fingerprint density at radius 3 is 2.67 bits per heavy atom. The highest BCUT2D eigenvalue weighted by atomic mass is 35.5. The van der Waals surface area contributed by atoms with Gasteiger partial charge in [0.2, 0.25) is 4.90 Å². The zero-order valence-electron chi connectivity index (χ0n) is 16.2. The zero-order chi connectivity index (χ0) is 21.8. The number of carbonyl (C=O) groups excluding carboxylic acids is 2. The van der Waals surface area contributed by atoms with Crippen molar-refractivity contribution in [2.75, 3.05) is 18.6 Å². The van der Waals surface area contributed by atoms with Crippen molar-refractivity contribution in [2.45, 2.75) is 11.8 Å². The van der Waals surface area contributed by atoms with Crippen LogP contribution in [0.3, 0.4) is 0 Å². The van der Waals surface area contributed by atoms with E-state index in [1.807, 2.05) is 0 Å². The third-order valence-corrected chi connectivity index (χ3v) is 6.30. The Bertz CT molecular complexity index is 1180. The van der Waals surface area contributed by atoms with E-state index in [-0.39, 0.29) is 34.3 Å². The molecule has 30 heavy (non-hydrogen) atoms. The van der Waals surface area contributed by atoms with Crippen molar-refractivity contribution in [1.29, 1.82) is 0 Å². The second kappa shape index (κ2) is 9.23. The number of halogens is 1. The zero-order valence-corrected chi connectivity index (χ0v) is 17.8. The number of aromatic nitrogens is 1. The number of fused-ring (bicyclic) bond motifs is 1. The van der Waals surface area contributed by atoms with E-state index in [0.29, 0.717) is 15.9 Å². The highest BCUT2D eigenvalue weighted by Crippen LogP contribution is 2.28. The van der Waals surface area contributed by atoms with Crippen molar-refractivity contribution in [3.63, 3.8) is 0 Å². The highest BCUT2D eigenvalue weighted by molar-refractivity contribution is 7.96. The number of hydrogen-bond donors (Lipinski definition) is 1. The fourth-order valence-electron chi connectivity index (χ4n) is 2.85. The van der Waals surface area contributed by atoms with Gasteiger partial charge >= 0.3 is 17.5 Å². The monoisotopic (exact) mass is 447 g/mol. The number of pyridine rings is 1. The summed E-state index contributed by atoms with van der Waals surface area (Å²) in [6.45, 7) is 1.22. The van der Waals surface area contributed by atoms with Crippen LogP contribution in [0, 0.1) is 0 Å². The number of para-hydroxylation sites is 1. The first-order valence-electron chi connectivity index (χ1n) is 8.87. The van der Waals surface area contributed by atoms with Gasteiger partial charge < -0.3 is 19.6 Å². The lowest BCUT2D eigenvalue weighted by Crippen LogP contribution is -2.24. The first kappa shape index (κ1) is 21.7. The summed E-state index contributed by atoms with van der Waals surface area (Å²) in [5.74, 6) is -1.20. The van der Waals surface area contributed by atoms with Crippen LogP contribution in [0.2, 0.25) is 5.02 Å². The molecule has 7 nitrogen and oxygen atoms in total. The fraction of sp³-hybridized carbons (Fsp3) is 0.190. The van der Waals surface area contributed by atoms with Gasteiger partial charge in [-0.25, -0.2) is 4.79 Å². The fourth-order valence-corrected chi connectivity index (χ4v) is 4.36. The molecule has 0 fully saturated rings. The van der Waals surface area contributed by atoms with Gasteiger partial charge in [-0.3, -0.25) is 9.59 Å². The minimum absolute atomic E-state index is 0.0146. The second-order valence-corrected chi connectivity index (χ2v) is 8.90. The third-order valence-electron chi connectivity index (χ3n) is 4.22. The molecule has 0 aliphatic heterocycles. The standard InChI is InChI=1S/C21H18ClNO6S/c1-12(24)29-17-6-4-3-5-14(17)21(27)28-9-10-30(2)19-18(25)15-11-13(22)7-8-16(15)23-20(19)26/h3-8,11H,9-10H2,1-2H3,(H-,23,25,26). The van der Waals surface area contributed by atoms with Crippen LogP contribution in [0.4, 0.5) is 0 Å². The first-order valence-corrected chi connectivity index (χ1v) is 11.1. The van der Waals surface area contributed by atoms with Crippen LogP contribution in [-0.2, 0) is 20.4 Å². The Balaban J connectivity index is 1.72. The summed E-state index contributed by atoms with van der Waals surface area (Å²) < 4.78 is 10.3. The smallest absolute Gasteiger partial charge is 0.342 e. The molecule has 1 unspecified atom stereocenters. The van der Waals surface area contributed by atoms with Crippen LogP contribution in [-0.4, -0.2) is 35.5 Å². The van der Waals surface area contributed by atoms with Gasteiger partial charge in [-0.15, -0.1) is 0 Å². The number of aromatic amines is 1. The molecule has 0 bridgehead atoms. The molecule has 2 aromatic carbocycles. The van der Waals surface area contributed by atoms with Gasteiger partial charge in [-0.2, -0.15) is 0 Å². The molecule has 1 atom stereocenters. The number of carbonyl (C=O) groups is 2. The number of hydrogen-bond acceptors (Lipinski definition) is 6. The number of esters is 2. The maximum absolute atomic E-state index is 12.8. The highest BCUT2D eigenvalue weighted by Gasteiger charge is 2.24. The van der Waals surface area contributed by atoms with E-state index in [0.717, 1.165) is 0 Å². The van der Waals surface area contributed by atoms with Gasteiger partial charge in [0.1, 0.15) is 29.9 Å². The summed E-state index contributed by atoms with van der Waals surface area (Å²) in [5, 5.41) is 13.5. The molecule has 0 radical (unpaired) electrons. The van der Waals surface area contributed by atoms with Crippen LogP contribution in [0.5, 0.6) is 11.5 Å². The lowest BCUT2D eigenvalue weighted by molar-refractivity contribution is -0.270. The Morgan fingerprint density at radius 2 is 1.93 bits per heavy atom. The van der Waals surface area contributed by atoms with Crippen LogP contribution in [0.15, 0.2) is 52.2 Å². The number of H-pyrrole nitrogens is 1. The molecule has 9 heteroatoms. The number of ether oxygens (including phenoxy) is 2. The molecule has 0 aliphatic rings. The van der Waals surface area contributed by atoms with E-state index in [1.165, 1.54) is 25.1 Å². The largest absolute Gasteiger partial charge is 0.868 e. The van der Waals surface area contributed by atoms with Crippen molar-refractivity contribution >= 4 is 45.3 Å². The molecule has 1 N–H and O–H groups in total. The van der Waals surface area contributed by atoms with Gasteiger partial charge in [0.05, 0.1) is 0 Å². The Labute approximate surface area is 179 Å². The predicted molar refractivity (Wildman–Crippen MR) is 113 cm³/mol. The molecule has 1 heterocycles. The Kier molecular flexibility index (Phi) is 6.69. The summed E-state index contributed by atoms with van der Waals surface area (Å²) in [6, 6.07) is 10.9. The van der Waals surface area contributed by atoms with Crippen molar-refractivity contribution in [1.82, 2.24) is 4.98 Å². The summed E-state index contributed by atoms with van der Waals surface area (Å²) in [4.78, 5) is 38.8. The van der Waals surface area contributed by atoms with Crippen LogP contribution < -0.4 is 15.4 Å². The van der Waals surface area contributed by atoms with Crippen LogP contribution in [0.25, 0.3) is 10.9 Å². The topological polar surface area (TPSA) is 109 Å². The van der Waals surface area contributed by atoms with Crippen molar-refractivity contribution in [3.05, 3.63) is 63.4 Å². The molecular formula is C21H18ClNO6S.